The predicted molar refractivity (Wildman–Crippen MR) is 103 cm³/mol. The summed E-state index contributed by atoms with van der Waals surface area (Å²) in [6, 6.07) is 9.53. The van der Waals surface area contributed by atoms with E-state index in [1.807, 2.05) is 17.0 Å². The number of carbonyl (C=O) groups is 3. The molecule has 0 atom stereocenters. The summed E-state index contributed by atoms with van der Waals surface area (Å²) < 4.78 is 0. The highest BCUT2D eigenvalue weighted by Crippen LogP contribution is 2.31. The number of thiophene rings is 1. The van der Waals surface area contributed by atoms with E-state index in [1.54, 1.807) is 23.6 Å². The van der Waals surface area contributed by atoms with Crippen molar-refractivity contribution in [2.24, 2.45) is 5.73 Å². The van der Waals surface area contributed by atoms with E-state index in [0.717, 1.165) is 31.2 Å². The van der Waals surface area contributed by atoms with Gasteiger partial charge >= 0.3 is 0 Å². The maximum atomic E-state index is 12.9. The molecule has 4 rings (SSSR count). The molecule has 0 aliphatic heterocycles. The Labute approximate surface area is 161 Å². The van der Waals surface area contributed by atoms with Gasteiger partial charge < -0.3 is 16.0 Å². The van der Waals surface area contributed by atoms with Crippen molar-refractivity contribution in [1.29, 1.82) is 0 Å². The maximum absolute atomic E-state index is 12.9. The van der Waals surface area contributed by atoms with Gasteiger partial charge in [-0.25, -0.2) is 0 Å². The lowest BCUT2D eigenvalue weighted by Crippen LogP contribution is -2.32. The largest absolute Gasteiger partial charge is 0.366 e. The molecule has 2 saturated carbocycles. The molecule has 27 heavy (non-hydrogen) atoms. The highest BCUT2D eigenvalue weighted by Gasteiger charge is 2.34. The number of nitrogens with one attached hydrogen (secondary N) is 1. The van der Waals surface area contributed by atoms with Crippen molar-refractivity contribution in [3.8, 4) is 0 Å². The van der Waals surface area contributed by atoms with Crippen LogP contribution < -0.4 is 11.1 Å². The Hall–Kier alpha value is -2.67. The second kappa shape index (κ2) is 7.15. The average Bonchev–Trinajstić information content (AvgIpc) is 3.59. The van der Waals surface area contributed by atoms with Gasteiger partial charge in [0, 0.05) is 29.6 Å². The van der Waals surface area contributed by atoms with Crippen LogP contribution in [0.3, 0.4) is 0 Å². The van der Waals surface area contributed by atoms with Crippen molar-refractivity contribution in [3.63, 3.8) is 0 Å². The molecule has 2 aliphatic rings. The van der Waals surface area contributed by atoms with Crippen molar-refractivity contribution in [1.82, 2.24) is 10.2 Å². The van der Waals surface area contributed by atoms with Gasteiger partial charge in [0.25, 0.3) is 11.8 Å². The van der Waals surface area contributed by atoms with E-state index < -0.39 is 5.91 Å². The molecule has 1 aromatic carbocycles. The van der Waals surface area contributed by atoms with Crippen LogP contribution in [-0.2, 0) is 6.54 Å². The fourth-order valence-corrected chi connectivity index (χ4v) is 3.78. The van der Waals surface area contributed by atoms with E-state index in [0.29, 0.717) is 28.6 Å². The Morgan fingerprint density at radius 1 is 1.07 bits per heavy atom. The lowest BCUT2D eigenvalue weighted by atomic mass is 10.1. The predicted octanol–water partition coefficient (Wildman–Crippen LogP) is 2.54. The van der Waals surface area contributed by atoms with Crippen molar-refractivity contribution >= 4 is 29.1 Å². The molecule has 1 heterocycles. The lowest BCUT2D eigenvalue weighted by molar-refractivity contribution is 0.0734. The van der Waals surface area contributed by atoms with Gasteiger partial charge in [-0.3, -0.25) is 14.4 Å². The lowest BCUT2D eigenvalue weighted by Gasteiger charge is -2.22. The van der Waals surface area contributed by atoms with Gasteiger partial charge in [-0.1, -0.05) is 12.1 Å². The van der Waals surface area contributed by atoms with Crippen molar-refractivity contribution in [3.05, 3.63) is 57.3 Å². The zero-order valence-electron chi connectivity index (χ0n) is 14.8. The van der Waals surface area contributed by atoms with E-state index in [2.05, 4.69) is 5.32 Å². The van der Waals surface area contributed by atoms with Gasteiger partial charge in [-0.05, 0) is 49.4 Å². The van der Waals surface area contributed by atoms with Crippen molar-refractivity contribution in [2.45, 2.75) is 44.3 Å². The number of hydrogen-bond donors (Lipinski definition) is 2. The topological polar surface area (TPSA) is 92.5 Å². The van der Waals surface area contributed by atoms with E-state index in [4.69, 9.17) is 5.73 Å². The summed E-state index contributed by atoms with van der Waals surface area (Å²) in [5.74, 6) is -0.648. The quantitative estimate of drug-likeness (QED) is 0.769. The molecule has 2 fully saturated rings. The first-order chi connectivity index (χ1) is 13.0. The Kier molecular flexibility index (Phi) is 4.70. The van der Waals surface area contributed by atoms with Gasteiger partial charge in [0.1, 0.15) is 0 Å². The number of rotatable bonds is 7. The molecule has 1 aromatic heterocycles. The smallest absolute Gasteiger partial charge is 0.264 e. The van der Waals surface area contributed by atoms with Crippen LogP contribution in [0.1, 0.15) is 61.6 Å². The Balaban J connectivity index is 1.45. The van der Waals surface area contributed by atoms with Gasteiger partial charge in [0.15, 0.2) is 0 Å². The second-order valence-corrected chi connectivity index (χ2v) is 8.08. The molecule has 7 heteroatoms. The standard InChI is InChI=1S/C20H21N3O3S/c21-18(24)14-9-17(27-11-14)20(26)23(16-7-8-16)10-12-1-3-13(4-2-12)19(25)22-15-5-6-15/h1-4,9,11,15-16H,5-8,10H2,(H2,21,24)(H,22,25). The van der Waals surface area contributed by atoms with E-state index >= 15 is 0 Å². The van der Waals surface area contributed by atoms with E-state index in [9.17, 15) is 14.4 Å². The molecule has 2 aliphatic carbocycles. The third kappa shape index (κ3) is 4.19. The van der Waals surface area contributed by atoms with Gasteiger partial charge in [0.05, 0.1) is 10.4 Å². The van der Waals surface area contributed by atoms with Crippen LogP contribution in [0.2, 0.25) is 0 Å². The highest BCUT2D eigenvalue weighted by atomic mass is 32.1. The molecule has 0 unspecified atom stereocenters. The van der Waals surface area contributed by atoms with Crippen LogP contribution in [0.25, 0.3) is 0 Å². The molecule has 6 nitrogen and oxygen atoms in total. The number of hydrogen-bond acceptors (Lipinski definition) is 4. The fourth-order valence-electron chi connectivity index (χ4n) is 2.93. The number of carbonyl (C=O) groups excluding carboxylic acids is 3. The number of nitrogens with zero attached hydrogens (tertiary/aromatic N) is 1. The first kappa shape index (κ1) is 17.7. The first-order valence-corrected chi connectivity index (χ1v) is 9.98. The van der Waals surface area contributed by atoms with Crippen molar-refractivity contribution in [2.75, 3.05) is 0 Å². The maximum Gasteiger partial charge on any atom is 0.264 e. The minimum Gasteiger partial charge on any atom is -0.366 e. The fraction of sp³-hybridized carbons (Fsp3) is 0.350. The molecule has 0 spiro atoms. The SMILES string of the molecule is NC(=O)c1csc(C(=O)N(Cc2ccc(C(=O)NC3CC3)cc2)C2CC2)c1. The summed E-state index contributed by atoms with van der Waals surface area (Å²) in [5, 5.41) is 4.59. The summed E-state index contributed by atoms with van der Waals surface area (Å²) in [6.07, 6.45) is 4.09. The summed E-state index contributed by atoms with van der Waals surface area (Å²) >= 11 is 1.24. The van der Waals surface area contributed by atoms with Crippen LogP contribution >= 0.6 is 11.3 Å². The van der Waals surface area contributed by atoms with Gasteiger partial charge in [-0.2, -0.15) is 0 Å². The Morgan fingerprint density at radius 3 is 2.33 bits per heavy atom. The monoisotopic (exact) mass is 383 g/mol. The van der Waals surface area contributed by atoms with Crippen LogP contribution in [0.4, 0.5) is 0 Å². The molecule has 3 N–H and O–H groups in total. The van der Waals surface area contributed by atoms with Crippen molar-refractivity contribution < 1.29 is 14.4 Å². The molecular formula is C20H21N3O3S. The highest BCUT2D eigenvalue weighted by molar-refractivity contribution is 7.12. The summed E-state index contributed by atoms with van der Waals surface area (Å²) in [4.78, 5) is 38.6. The number of benzene rings is 1. The van der Waals surface area contributed by atoms with E-state index in [-0.39, 0.29) is 17.9 Å². The first-order valence-electron chi connectivity index (χ1n) is 9.10. The molecule has 0 radical (unpaired) electrons. The molecule has 0 saturated heterocycles. The van der Waals surface area contributed by atoms with Gasteiger partial charge in [-0.15, -0.1) is 11.3 Å². The summed E-state index contributed by atoms with van der Waals surface area (Å²) in [5.41, 5.74) is 7.26. The Morgan fingerprint density at radius 2 is 1.78 bits per heavy atom. The average molecular weight is 383 g/mol. The minimum atomic E-state index is -0.525. The van der Waals surface area contributed by atoms with Crippen LogP contribution in [0.5, 0.6) is 0 Å². The van der Waals surface area contributed by atoms with Gasteiger partial charge in [0.2, 0.25) is 5.91 Å². The van der Waals surface area contributed by atoms with Crippen LogP contribution in [0, 0.1) is 0 Å². The minimum absolute atomic E-state index is 0.0447. The van der Waals surface area contributed by atoms with E-state index in [1.165, 1.54) is 11.3 Å². The number of amides is 3. The number of primary amides is 1. The number of nitrogens with two attached hydrogens (primary N) is 1. The van der Waals surface area contributed by atoms with Crippen LogP contribution in [0.15, 0.2) is 35.7 Å². The zero-order valence-corrected chi connectivity index (χ0v) is 15.6. The summed E-state index contributed by atoms with van der Waals surface area (Å²) in [6.45, 7) is 0.484. The third-order valence-electron chi connectivity index (χ3n) is 4.82. The second-order valence-electron chi connectivity index (χ2n) is 7.17. The Bertz CT molecular complexity index is 882. The molecule has 3 amide bonds. The molecule has 0 bridgehead atoms. The molecule has 2 aromatic rings. The normalized spacial score (nSPS) is 16.0. The summed E-state index contributed by atoms with van der Waals surface area (Å²) in [7, 11) is 0. The zero-order chi connectivity index (χ0) is 19.0. The molecule has 140 valence electrons. The molecular weight excluding hydrogens is 362 g/mol. The van der Waals surface area contributed by atoms with Crippen LogP contribution in [-0.4, -0.2) is 34.7 Å². The third-order valence-corrected chi connectivity index (χ3v) is 5.74.